The molecule has 0 aliphatic carbocycles. The van der Waals surface area contributed by atoms with Gasteiger partial charge in [0.05, 0.1) is 11.6 Å². The second kappa shape index (κ2) is 5.90. The van der Waals surface area contributed by atoms with Crippen molar-refractivity contribution in [2.24, 2.45) is 7.05 Å². The van der Waals surface area contributed by atoms with Gasteiger partial charge in [0.1, 0.15) is 6.61 Å². The summed E-state index contributed by atoms with van der Waals surface area (Å²) in [6.45, 7) is -1.57. The number of oxazole rings is 1. The Kier molecular flexibility index (Phi) is 4.38. The molecule has 21 heavy (non-hydrogen) atoms. The number of fused-ring (bicyclic) bond motifs is 1. The molecule has 0 radical (unpaired) electrons. The number of halogens is 3. The maximum absolute atomic E-state index is 11.9. The standard InChI is InChI=1S/C13H14F3NO4/c1-17-9-3-2-8(6-11(9)21-12(17)19)10(18)4-5-20-7-13(14,15)16/h2-3,6,10,18H,4-5,7H2,1H3. The predicted octanol–water partition coefficient (Wildman–Crippen LogP) is 2.13. The average molecular weight is 305 g/mol. The van der Waals surface area contributed by atoms with Gasteiger partial charge < -0.3 is 14.3 Å². The van der Waals surface area contributed by atoms with Gasteiger partial charge in [-0.15, -0.1) is 0 Å². The van der Waals surface area contributed by atoms with E-state index in [2.05, 4.69) is 4.74 Å². The molecule has 8 heteroatoms. The van der Waals surface area contributed by atoms with Crippen LogP contribution in [0.2, 0.25) is 0 Å². The van der Waals surface area contributed by atoms with Crippen molar-refractivity contribution >= 4 is 11.1 Å². The number of nitrogens with zero attached hydrogens (tertiary/aromatic N) is 1. The van der Waals surface area contributed by atoms with Crippen molar-refractivity contribution in [1.29, 1.82) is 0 Å². The summed E-state index contributed by atoms with van der Waals surface area (Å²) in [4.78, 5) is 11.3. The number of hydrogen-bond acceptors (Lipinski definition) is 4. The number of aromatic nitrogens is 1. The van der Waals surface area contributed by atoms with Gasteiger partial charge in [-0.3, -0.25) is 4.57 Å². The molecule has 0 saturated heterocycles. The Morgan fingerprint density at radius 2 is 2.14 bits per heavy atom. The van der Waals surface area contributed by atoms with Crippen LogP contribution in [0.4, 0.5) is 13.2 Å². The Morgan fingerprint density at radius 3 is 2.81 bits per heavy atom. The topological polar surface area (TPSA) is 64.6 Å². The van der Waals surface area contributed by atoms with Gasteiger partial charge in [-0.1, -0.05) is 6.07 Å². The summed E-state index contributed by atoms with van der Waals surface area (Å²) in [5, 5.41) is 9.90. The third-order valence-corrected chi connectivity index (χ3v) is 3.00. The van der Waals surface area contributed by atoms with E-state index in [1.807, 2.05) is 0 Å². The summed E-state index contributed by atoms with van der Waals surface area (Å²) in [5.41, 5.74) is 1.34. The zero-order valence-corrected chi connectivity index (χ0v) is 11.2. The Hall–Kier alpha value is -1.80. The molecule has 0 spiro atoms. The largest absolute Gasteiger partial charge is 0.419 e. The molecular weight excluding hydrogens is 291 g/mol. The van der Waals surface area contributed by atoms with E-state index < -0.39 is 24.6 Å². The van der Waals surface area contributed by atoms with Gasteiger partial charge in [-0.2, -0.15) is 13.2 Å². The summed E-state index contributed by atoms with van der Waals surface area (Å²) in [7, 11) is 1.55. The van der Waals surface area contributed by atoms with Gasteiger partial charge in [0.15, 0.2) is 5.58 Å². The zero-order valence-electron chi connectivity index (χ0n) is 11.2. The highest BCUT2D eigenvalue weighted by Crippen LogP contribution is 2.22. The van der Waals surface area contributed by atoms with Gasteiger partial charge in [0, 0.05) is 20.1 Å². The number of benzene rings is 1. The number of hydrogen-bond donors (Lipinski definition) is 1. The highest BCUT2D eigenvalue weighted by atomic mass is 19.4. The Labute approximate surface area is 117 Å². The minimum absolute atomic E-state index is 0.0126. The van der Waals surface area contributed by atoms with E-state index in [0.717, 1.165) is 0 Å². The number of aliphatic hydroxyl groups is 1. The van der Waals surface area contributed by atoms with Crippen molar-refractivity contribution in [3.63, 3.8) is 0 Å². The monoisotopic (exact) mass is 305 g/mol. The molecule has 1 unspecified atom stereocenters. The Morgan fingerprint density at radius 1 is 1.43 bits per heavy atom. The first-order valence-corrected chi connectivity index (χ1v) is 6.20. The van der Waals surface area contributed by atoms with Crippen molar-refractivity contribution in [2.45, 2.75) is 18.7 Å². The minimum atomic E-state index is -4.38. The number of aliphatic hydroxyl groups excluding tert-OH is 1. The first kappa shape index (κ1) is 15.6. The summed E-state index contributed by atoms with van der Waals surface area (Å²) < 4.78 is 46.4. The first-order chi connectivity index (χ1) is 9.78. The molecule has 1 heterocycles. The summed E-state index contributed by atoms with van der Waals surface area (Å²) in [6.07, 6.45) is -5.36. The fourth-order valence-corrected chi connectivity index (χ4v) is 1.91. The molecule has 1 aromatic carbocycles. The van der Waals surface area contributed by atoms with E-state index in [1.165, 1.54) is 10.6 Å². The molecule has 1 atom stereocenters. The van der Waals surface area contributed by atoms with Crippen molar-refractivity contribution < 1.29 is 27.4 Å². The van der Waals surface area contributed by atoms with E-state index >= 15 is 0 Å². The van der Waals surface area contributed by atoms with Crippen LogP contribution in [0, 0.1) is 0 Å². The van der Waals surface area contributed by atoms with E-state index in [-0.39, 0.29) is 13.0 Å². The summed E-state index contributed by atoms with van der Waals surface area (Å²) >= 11 is 0. The zero-order chi connectivity index (χ0) is 15.6. The van der Waals surface area contributed by atoms with E-state index in [0.29, 0.717) is 16.7 Å². The first-order valence-electron chi connectivity index (χ1n) is 6.20. The van der Waals surface area contributed by atoms with Crippen LogP contribution in [0.1, 0.15) is 18.1 Å². The third-order valence-electron chi connectivity index (χ3n) is 3.00. The number of alkyl halides is 3. The van der Waals surface area contributed by atoms with Crippen molar-refractivity contribution in [1.82, 2.24) is 4.57 Å². The molecule has 0 saturated carbocycles. The molecule has 0 amide bonds. The molecule has 5 nitrogen and oxygen atoms in total. The molecule has 0 aliphatic heterocycles. The van der Waals surface area contributed by atoms with Gasteiger partial charge in [-0.25, -0.2) is 4.79 Å². The lowest BCUT2D eigenvalue weighted by Crippen LogP contribution is -2.18. The summed E-state index contributed by atoms with van der Waals surface area (Å²) in [5.74, 6) is -0.523. The number of ether oxygens (including phenoxy) is 1. The van der Waals surface area contributed by atoms with Crippen LogP contribution >= 0.6 is 0 Å². The van der Waals surface area contributed by atoms with Crippen LogP contribution in [-0.4, -0.2) is 29.1 Å². The smallest absolute Gasteiger partial charge is 0.408 e. The van der Waals surface area contributed by atoms with Gasteiger partial charge in [0.2, 0.25) is 0 Å². The molecule has 0 bridgehead atoms. The minimum Gasteiger partial charge on any atom is -0.408 e. The highest BCUT2D eigenvalue weighted by molar-refractivity contribution is 5.73. The fraction of sp³-hybridized carbons (Fsp3) is 0.462. The maximum atomic E-state index is 11.9. The van der Waals surface area contributed by atoms with Crippen LogP contribution < -0.4 is 5.76 Å². The molecule has 0 fully saturated rings. The van der Waals surface area contributed by atoms with Crippen LogP contribution in [0.3, 0.4) is 0 Å². The Balaban J connectivity index is 1.99. The average Bonchev–Trinajstić information content (AvgIpc) is 2.68. The van der Waals surface area contributed by atoms with Gasteiger partial charge >= 0.3 is 11.9 Å². The van der Waals surface area contributed by atoms with Crippen molar-refractivity contribution in [3.05, 3.63) is 34.3 Å². The van der Waals surface area contributed by atoms with Crippen molar-refractivity contribution in [2.75, 3.05) is 13.2 Å². The molecule has 2 rings (SSSR count). The third kappa shape index (κ3) is 3.85. The molecular formula is C13H14F3NO4. The SMILES string of the molecule is Cn1c(=O)oc2cc(C(O)CCOCC(F)(F)F)ccc21. The number of aryl methyl sites for hydroxylation is 1. The fourth-order valence-electron chi connectivity index (χ4n) is 1.91. The van der Waals surface area contributed by atoms with Crippen LogP contribution in [0.15, 0.2) is 27.4 Å². The molecule has 2 aromatic rings. The lowest BCUT2D eigenvalue weighted by molar-refractivity contribution is -0.175. The lowest BCUT2D eigenvalue weighted by Gasteiger charge is -2.12. The predicted molar refractivity (Wildman–Crippen MR) is 67.9 cm³/mol. The van der Waals surface area contributed by atoms with Crippen LogP contribution in [0.5, 0.6) is 0 Å². The van der Waals surface area contributed by atoms with E-state index in [1.54, 1.807) is 19.2 Å². The molecule has 0 aliphatic rings. The quantitative estimate of drug-likeness (QED) is 0.860. The highest BCUT2D eigenvalue weighted by Gasteiger charge is 2.27. The molecule has 116 valence electrons. The summed E-state index contributed by atoms with van der Waals surface area (Å²) in [6, 6.07) is 4.69. The van der Waals surface area contributed by atoms with Crippen molar-refractivity contribution in [3.8, 4) is 0 Å². The maximum Gasteiger partial charge on any atom is 0.419 e. The lowest BCUT2D eigenvalue weighted by atomic mass is 10.1. The second-order valence-electron chi connectivity index (χ2n) is 4.63. The van der Waals surface area contributed by atoms with Crippen LogP contribution in [-0.2, 0) is 11.8 Å². The number of rotatable bonds is 5. The normalized spacial score (nSPS) is 13.8. The Bertz CT molecular complexity index is 674. The van der Waals surface area contributed by atoms with Crippen LogP contribution in [0.25, 0.3) is 11.1 Å². The second-order valence-corrected chi connectivity index (χ2v) is 4.63. The van der Waals surface area contributed by atoms with Gasteiger partial charge in [0.25, 0.3) is 0 Å². The van der Waals surface area contributed by atoms with E-state index in [9.17, 15) is 23.1 Å². The van der Waals surface area contributed by atoms with E-state index in [4.69, 9.17) is 4.42 Å². The molecule has 1 aromatic heterocycles. The van der Waals surface area contributed by atoms with Gasteiger partial charge in [-0.05, 0) is 17.7 Å². The molecule has 1 N–H and O–H groups in total.